The van der Waals surface area contributed by atoms with Crippen molar-refractivity contribution in [3.63, 3.8) is 0 Å². The molecule has 2 fully saturated rings. The number of halogens is 3. The van der Waals surface area contributed by atoms with E-state index in [1.54, 1.807) is 6.07 Å². The molecular formula is C18H19F3N2O4S. The Bertz CT molecular complexity index is 788. The molecule has 3 aliphatic rings. The van der Waals surface area contributed by atoms with Gasteiger partial charge >= 0.3 is 6.09 Å². The fraction of sp³-hybridized carbons (Fsp3) is 0.556. The van der Waals surface area contributed by atoms with Crippen LogP contribution < -0.4 is 14.5 Å². The maximum Gasteiger partial charge on any atom is 0.415 e. The number of thioether (sulfide) groups is 1. The zero-order valence-corrected chi connectivity index (χ0v) is 15.7. The molecule has 2 atom stereocenters. The van der Waals surface area contributed by atoms with Crippen molar-refractivity contribution in [2.24, 2.45) is 0 Å². The maximum absolute atomic E-state index is 14.8. The highest BCUT2D eigenvalue weighted by molar-refractivity contribution is 7.99. The smallest absolute Gasteiger partial charge is 0.415 e. The Kier molecular flexibility index (Phi) is 5.31. The Morgan fingerprint density at radius 3 is 2.71 bits per heavy atom. The first kappa shape index (κ1) is 19.2. The highest BCUT2D eigenvalue weighted by Gasteiger charge is 2.47. The molecule has 0 bridgehead atoms. The van der Waals surface area contributed by atoms with Gasteiger partial charge in [-0.3, -0.25) is 9.69 Å². The number of cyclic esters (lactones) is 1. The molecule has 6 nitrogen and oxygen atoms in total. The molecule has 2 saturated heterocycles. The number of ketones is 1. The molecule has 3 aliphatic heterocycles. The van der Waals surface area contributed by atoms with Crippen LogP contribution in [0.25, 0.3) is 0 Å². The molecule has 1 aromatic carbocycles. The topological polar surface area (TPSA) is 59.1 Å². The summed E-state index contributed by atoms with van der Waals surface area (Å²) in [6, 6.07) is 2.27. The number of rotatable bonds is 5. The van der Waals surface area contributed by atoms with Crippen molar-refractivity contribution < 1.29 is 32.2 Å². The van der Waals surface area contributed by atoms with E-state index in [0.717, 1.165) is 24.6 Å². The molecule has 0 aromatic heterocycles. The lowest BCUT2D eigenvalue weighted by atomic mass is 10.0. The van der Waals surface area contributed by atoms with Crippen molar-refractivity contribution >= 4 is 35.0 Å². The summed E-state index contributed by atoms with van der Waals surface area (Å²) >= 11 is 1.81. The zero-order chi connectivity index (χ0) is 19.8. The van der Waals surface area contributed by atoms with Crippen LogP contribution in [0.2, 0.25) is 0 Å². The Balaban J connectivity index is 1.54. The van der Waals surface area contributed by atoms with Crippen molar-refractivity contribution in [2.75, 3.05) is 41.0 Å². The third-order valence-electron chi connectivity index (χ3n) is 5.18. The lowest BCUT2D eigenvalue weighted by molar-refractivity contribution is -0.130. The largest absolute Gasteiger partial charge is 0.489 e. The number of fused-ring (bicyclic) bond motifs is 3. The fourth-order valence-electron chi connectivity index (χ4n) is 3.73. The first-order valence-electron chi connectivity index (χ1n) is 9.05. The van der Waals surface area contributed by atoms with Crippen LogP contribution in [0, 0.1) is 5.82 Å². The van der Waals surface area contributed by atoms with Gasteiger partial charge in [-0.15, -0.1) is 0 Å². The van der Waals surface area contributed by atoms with Crippen LogP contribution in [-0.2, 0) is 9.53 Å². The normalized spacial score (nSPS) is 23.9. The number of carbonyl (C=O) groups is 2. The summed E-state index contributed by atoms with van der Waals surface area (Å²) in [7, 11) is 0. The summed E-state index contributed by atoms with van der Waals surface area (Å²) in [6.45, 7) is 1.55. The van der Waals surface area contributed by atoms with Crippen LogP contribution in [0.3, 0.4) is 0 Å². The second-order valence-corrected chi connectivity index (χ2v) is 8.07. The predicted molar refractivity (Wildman–Crippen MR) is 98.2 cm³/mol. The van der Waals surface area contributed by atoms with E-state index in [1.165, 1.54) is 11.0 Å². The minimum Gasteiger partial charge on any atom is -0.489 e. The first-order chi connectivity index (χ1) is 13.5. The average Bonchev–Trinajstić information content (AvgIpc) is 3.02. The average molecular weight is 416 g/mol. The summed E-state index contributed by atoms with van der Waals surface area (Å²) in [6.07, 6.45) is -4.92. The van der Waals surface area contributed by atoms with E-state index in [0.29, 0.717) is 11.4 Å². The van der Waals surface area contributed by atoms with Gasteiger partial charge in [-0.25, -0.2) is 18.0 Å². The molecule has 1 aromatic rings. The van der Waals surface area contributed by atoms with Crippen LogP contribution in [0.1, 0.15) is 12.8 Å². The molecule has 4 rings (SSSR count). The second kappa shape index (κ2) is 7.73. The molecule has 0 saturated carbocycles. The number of carbonyl (C=O) groups excluding carboxylic acids is 2. The van der Waals surface area contributed by atoms with Crippen LogP contribution in [0.4, 0.5) is 29.3 Å². The van der Waals surface area contributed by atoms with Crippen molar-refractivity contribution in [1.82, 2.24) is 0 Å². The number of benzene rings is 1. The third-order valence-corrected chi connectivity index (χ3v) is 6.12. The van der Waals surface area contributed by atoms with Gasteiger partial charge in [0.05, 0.1) is 11.4 Å². The third kappa shape index (κ3) is 3.49. The van der Waals surface area contributed by atoms with Crippen LogP contribution in [0.15, 0.2) is 12.1 Å². The number of ether oxygens (including phenoxy) is 2. The molecular weight excluding hydrogens is 397 g/mol. The van der Waals surface area contributed by atoms with Gasteiger partial charge in [0, 0.05) is 43.1 Å². The Hall–Kier alpha value is -2.10. The minimum atomic E-state index is -3.04. The molecule has 0 unspecified atom stereocenters. The Labute approximate surface area is 163 Å². The summed E-state index contributed by atoms with van der Waals surface area (Å²) < 4.78 is 50.6. The molecule has 3 heterocycles. The monoisotopic (exact) mass is 416 g/mol. The van der Waals surface area contributed by atoms with Gasteiger partial charge in [-0.05, 0) is 6.42 Å². The van der Waals surface area contributed by atoms with Gasteiger partial charge in [0.2, 0.25) is 0 Å². The number of nitrogens with zero attached hydrogens (tertiary/aromatic N) is 2. The lowest BCUT2D eigenvalue weighted by Gasteiger charge is -2.34. The van der Waals surface area contributed by atoms with Gasteiger partial charge in [-0.2, -0.15) is 11.8 Å². The van der Waals surface area contributed by atoms with Crippen molar-refractivity contribution in [1.29, 1.82) is 0 Å². The molecule has 0 N–H and O–H groups in total. The molecule has 0 radical (unpaired) electrons. The number of Topliss-reactive ketones (excluding diaryl/α,β-unsaturated/α-hetero) is 1. The van der Waals surface area contributed by atoms with E-state index in [2.05, 4.69) is 0 Å². The molecule has 0 spiro atoms. The fourth-order valence-corrected chi connectivity index (χ4v) is 4.63. The first-order valence-corrected chi connectivity index (χ1v) is 10.2. The van der Waals surface area contributed by atoms with Crippen molar-refractivity contribution in [2.45, 2.75) is 31.4 Å². The highest BCUT2D eigenvalue weighted by atomic mass is 32.2. The quantitative estimate of drug-likeness (QED) is 0.735. The standard InChI is InChI=1S/C18H19F3N2O4S/c19-10-7-12-16(8-11(10)22-3-5-28-6-4-22)26-9-13-15(27-18(25)23(12)13)2-1-14(24)17(20)21/h7-8,13,15,17H,1-6,9H2/t13-,15-/m0/s1. The number of anilines is 2. The molecule has 28 heavy (non-hydrogen) atoms. The SMILES string of the molecule is O=C(CC[C@@H]1OC(=O)N2c3cc(F)c(N4CCSCC4)cc3OC[C@@H]12)C(F)F. The number of hydrogen-bond donors (Lipinski definition) is 0. The summed E-state index contributed by atoms with van der Waals surface area (Å²) in [4.78, 5) is 26.8. The maximum atomic E-state index is 14.8. The Morgan fingerprint density at radius 1 is 1.25 bits per heavy atom. The number of amides is 1. The summed E-state index contributed by atoms with van der Waals surface area (Å²) in [5.74, 6) is 0.557. The van der Waals surface area contributed by atoms with E-state index >= 15 is 0 Å². The van der Waals surface area contributed by atoms with E-state index in [-0.39, 0.29) is 18.7 Å². The van der Waals surface area contributed by atoms with Crippen molar-refractivity contribution in [3.05, 3.63) is 17.9 Å². The Morgan fingerprint density at radius 2 is 2.00 bits per heavy atom. The predicted octanol–water partition coefficient (Wildman–Crippen LogP) is 3.08. The summed E-state index contributed by atoms with van der Waals surface area (Å²) in [5.41, 5.74) is 0.695. The lowest BCUT2D eigenvalue weighted by Crippen LogP contribution is -2.44. The number of alkyl halides is 2. The number of hydrogen-bond acceptors (Lipinski definition) is 6. The summed E-state index contributed by atoms with van der Waals surface area (Å²) in [5, 5.41) is 0. The second-order valence-electron chi connectivity index (χ2n) is 6.85. The van der Waals surface area contributed by atoms with E-state index < -0.39 is 42.7 Å². The molecule has 152 valence electrons. The van der Waals surface area contributed by atoms with Gasteiger partial charge in [0.15, 0.2) is 5.78 Å². The van der Waals surface area contributed by atoms with Gasteiger partial charge in [-0.1, -0.05) is 0 Å². The molecule has 10 heteroatoms. The van der Waals surface area contributed by atoms with Crippen LogP contribution >= 0.6 is 11.8 Å². The minimum absolute atomic E-state index is 0.0270. The van der Waals surface area contributed by atoms with Crippen molar-refractivity contribution in [3.8, 4) is 5.75 Å². The highest BCUT2D eigenvalue weighted by Crippen LogP contribution is 2.43. The van der Waals surface area contributed by atoms with Crippen LogP contribution in [-0.4, -0.2) is 61.6 Å². The molecule has 0 aliphatic carbocycles. The van der Waals surface area contributed by atoms with Gasteiger partial charge < -0.3 is 14.4 Å². The van der Waals surface area contributed by atoms with Gasteiger partial charge in [0.25, 0.3) is 6.43 Å². The zero-order valence-electron chi connectivity index (χ0n) is 14.9. The van der Waals surface area contributed by atoms with E-state index in [9.17, 15) is 22.8 Å². The van der Waals surface area contributed by atoms with Crippen LogP contribution in [0.5, 0.6) is 5.75 Å². The molecule has 1 amide bonds. The van der Waals surface area contributed by atoms with E-state index in [1.807, 2.05) is 16.7 Å². The van der Waals surface area contributed by atoms with Gasteiger partial charge in [0.1, 0.15) is 30.3 Å². The van der Waals surface area contributed by atoms with E-state index in [4.69, 9.17) is 9.47 Å².